The van der Waals surface area contributed by atoms with Gasteiger partial charge in [-0.2, -0.15) is 0 Å². The normalized spacial score (nSPS) is 10.6. The third-order valence-corrected chi connectivity index (χ3v) is 3.95. The van der Waals surface area contributed by atoms with Crippen molar-refractivity contribution in [1.82, 2.24) is 9.97 Å². The third-order valence-electron chi connectivity index (χ3n) is 2.69. The van der Waals surface area contributed by atoms with Gasteiger partial charge in [-0.25, -0.2) is 14.8 Å². The molecular formula is C14H13ClN2O2S. The number of carboxylic acids is 1. The fraction of sp³-hybridized carbons (Fsp3) is 0.214. The summed E-state index contributed by atoms with van der Waals surface area (Å²) in [6.07, 6.45) is 1.63. The molecule has 0 unspecified atom stereocenters. The highest BCUT2D eigenvalue weighted by molar-refractivity contribution is 7.98. The zero-order valence-electron chi connectivity index (χ0n) is 11.1. The molecule has 20 heavy (non-hydrogen) atoms. The number of carbonyl (C=O) groups is 1. The molecule has 0 aromatic carbocycles. The number of hydrogen-bond donors (Lipinski definition) is 1. The zero-order valence-corrected chi connectivity index (χ0v) is 12.6. The van der Waals surface area contributed by atoms with Gasteiger partial charge in [0.1, 0.15) is 10.2 Å². The molecular weight excluding hydrogens is 296 g/mol. The molecule has 0 aliphatic heterocycles. The number of aryl methyl sites for hydroxylation is 2. The molecule has 1 N–H and O–H groups in total. The minimum atomic E-state index is -0.953. The fourth-order valence-corrected chi connectivity index (χ4v) is 3.13. The van der Waals surface area contributed by atoms with Crippen molar-refractivity contribution in [3.05, 3.63) is 51.9 Å². The van der Waals surface area contributed by atoms with E-state index >= 15 is 0 Å². The van der Waals surface area contributed by atoms with Crippen LogP contribution in [0, 0.1) is 13.8 Å². The third kappa shape index (κ3) is 3.49. The first-order chi connectivity index (χ1) is 9.47. The lowest BCUT2D eigenvalue weighted by atomic mass is 10.1. The maximum atomic E-state index is 11.3. The molecule has 2 heterocycles. The number of thioether (sulfide) groups is 1. The number of halogens is 1. The lowest BCUT2D eigenvalue weighted by Crippen LogP contribution is -2.05. The Morgan fingerprint density at radius 1 is 1.40 bits per heavy atom. The maximum Gasteiger partial charge on any atom is 0.338 e. The number of carboxylic acid groups (broad SMARTS) is 1. The molecule has 104 valence electrons. The van der Waals surface area contributed by atoms with Crippen molar-refractivity contribution in [1.29, 1.82) is 0 Å². The van der Waals surface area contributed by atoms with Gasteiger partial charge in [0, 0.05) is 17.6 Å². The average molecular weight is 309 g/mol. The van der Waals surface area contributed by atoms with Crippen LogP contribution in [0.4, 0.5) is 0 Å². The summed E-state index contributed by atoms with van der Waals surface area (Å²) in [6, 6.07) is 5.39. The second kappa shape index (κ2) is 6.24. The first-order valence-corrected chi connectivity index (χ1v) is 7.28. The van der Waals surface area contributed by atoms with Gasteiger partial charge < -0.3 is 5.11 Å². The van der Waals surface area contributed by atoms with E-state index in [0.29, 0.717) is 15.9 Å². The monoisotopic (exact) mass is 308 g/mol. The van der Waals surface area contributed by atoms with E-state index < -0.39 is 5.97 Å². The van der Waals surface area contributed by atoms with Gasteiger partial charge in [-0.3, -0.25) is 0 Å². The summed E-state index contributed by atoms with van der Waals surface area (Å²) in [5.41, 5.74) is 2.77. The summed E-state index contributed by atoms with van der Waals surface area (Å²) in [7, 11) is 0. The van der Waals surface area contributed by atoms with E-state index in [2.05, 4.69) is 9.97 Å². The fourth-order valence-electron chi connectivity index (χ4n) is 1.85. The van der Waals surface area contributed by atoms with Crippen molar-refractivity contribution < 1.29 is 9.90 Å². The molecule has 0 saturated heterocycles. The number of rotatable bonds is 4. The van der Waals surface area contributed by atoms with Crippen molar-refractivity contribution in [3.63, 3.8) is 0 Å². The molecule has 2 aromatic heterocycles. The van der Waals surface area contributed by atoms with Crippen LogP contribution in [0.15, 0.2) is 29.4 Å². The van der Waals surface area contributed by atoms with E-state index in [0.717, 1.165) is 16.8 Å². The molecule has 0 aliphatic carbocycles. The molecule has 4 nitrogen and oxygen atoms in total. The Kier molecular flexibility index (Phi) is 4.62. The van der Waals surface area contributed by atoms with Crippen molar-refractivity contribution in [2.24, 2.45) is 0 Å². The summed E-state index contributed by atoms with van der Waals surface area (Å²) >= 11 is 7.22. The van der Waals surface area contributed by atoms with Crippen LogP contribution in [-0.4, -0.2) is 21.0 Å². The quantitative estimate of drug-likeness (QED) is 0.688. The number of nitrogens with zero attached hydrogens (tertiary/aromatic N) is 2. The molecule has 0 spiro atoms. The predicted molar refractivity (Wildman–Crippen MR) is 79.5 cm³/mol. The van der Waals surface area contributed by atoms with Gasteiger partial charge in [-0.05, 0) is 43.2 Å². The summed E-state index contributed by atoms with van der Waals surface area (Å²) in [5, 5.41) is 10.3. The summed E-state index contributed by atoms with van der Waals surface area (Å²) in [5.74, 6) is -0.358. The number of hydrogen-bond acceptors (Lipinski definition) is 4. The topological polar surface area (TPSA) is 63.1 Å². The minimum absolute atomic E-state index is 0.265. The first kappa shape index (κ1) is 14.8. The van der Waals surface area contributed by atoms with E-state index in [-0.39, 0.29) is 5.56 Å². The molecule has 0 amide bonds. The van der Waals surface area contributed by atoms with Gasteiger partial charge in [0.25, 0.3) is 0 Å². The van der Waals surface area contributed by atoms with Crippen molar-refractivity contribution >= 4 is 29.3 Å². The number of aromatic carboxylic acids is 1. The van der Waals surface area contributed by atoms with Crippen LogP contribution in [0.25, 0.3) is 0 Å². The van der Waals surface area contributed by atoms with Gasteiger partial charge in [-0.15, -0.1) is 11.8 Å². The lowest BCUT2D eigenvalue weighted by Gasteiger charge is -2.09. The van der Waals surface area contributed by atoms with Gasteiger partial charge in [0.05, 0.1) is 5.56 Å². The number of pyridine rings is 2. The Labute approximate surface area is 126 Å². The zero-order chi connectivity index (χ0) is 14.7. The van der Waals surface area contributed by atoms with Crippen LogP contribution in [0.3, 0.4) is 0 Å². The predicted octanol–water partition coefficient (Wildman–Crippen LogP) is 3.74. The smallest absolute Gasteiger partial charge is 0.338 e. The maximum absolute atomic E-state index is 11.3. The Morgan fingerprint density at radius 2 is 2.15 bits per heavy atom. The molecule has 2 rings (SSSR count). The van der Waals surface area contributed by atoms with Crippen molar-refractivity contribution in [3.8, 4) is 0 Å². The molecule has 0 bridgehead atoms. The van der Waals surface area contributed by atoms with Crippen LogP contribution in [-0.2, 0) is 5.75 Å². The van der Waals surface area contributed by atoms with E-state index in [1.165, 1.54) is 11.8 Å². The van der Waals surface area contributed by atoms with Crippen LogP contribution < -0.4 is 0 Å². The van der Waals surface area contributed by atoms with Gasteiger partial charge in [0.15, 0.2) is 0 Å². The molecule has 0 radical (unpaired) electrons. The number of aromatic nitrogens is 2. The Bertz CT molecular complexity index is 662. The minimum Gasteiger partial charge on any atom is -0.478 e. The van der Waals surface area contributed by atoms with E-state index in [1.807, 2.05) is 13.0 Å². The van der Waals surface area contributed by atoms with Crippen LogP contribution in [0.5, 0.6) is 0 Å². The largest absolute Gasteiger partial charge is 0.478 e. The highest BCUT2D eigenvalue weighted by Crippen LogP contribution is 2.27. The second-order valence-electron chi connectivity index (χ2n) is 4.34. The van der Waals surface area contributed by atoms with Crippen molar-refractivity contribution in [2.45, 2.75) is 24.6 Å². The molecule has 0 atom stereocenters. The Balaban J connectivity index is 2.27. The van der Waals surface area contributed by atoms with Crippen LogP contribution in [0.1, 0.15) is 27.2 Å². The van der Waals surface area contributed by atoms with Gasteiger partial charge in [0.2, 0.25) is 0 Å². The molecule has 0 fully saturated rings. The van der Waals surface area contributed by atoms with Crippen LogP contribution >= 0.6 is 23.4 Å². The molecule has 0 aliphatic rings. The average Bonchev–Trinajstić information content (AvgIpc) is 2.35. The molecule has 0 saturated carbocycles. The van der Waals surface area contributed by atoms with E-state index in [4.69, 9.17) is 11.6 Å². The summed E-state index contributed by atoms with van der Waals surface area (Å²) in [4.78, 5) is 19.6. The van der Waals surface area contributed by atoms with E-state index in [9.17, 15) is 9.90 Å². The van der Waals surface area contributed by atoms with Crippen LogP contribution in [0.2, 0.25) is 5.15 Å². The lowest BCUT2D eigenvalue weighted by molar-refractivity contribution is 0.0691. The van der Waals surface area contributed by atoms with Gasteiger partial charge >= 0.3 is 5.97 Å². The SMILES string of the molecule is Cc1cc(C)c(C(=O)O)c(SCc2ccnc(Cl)c2)n1. The Morgan fingerprint density at radius 3 is 2.80 bits per heavy atom. The molecule has 2 aromatic rings. The van der Waals surface area contributed by atoms with E-state index in [1.54, 1.807) is 25.3 Å². The highest BCUT2D eigenvalue weighted by Gasteiger charge is 2.16. The molecule has 6 heteroatoms. The van der Waals surface area contributed by atoms with Gasteiger partial charge in [-0.1, -0.05) is 11.6 Å². The highest BCUT2D eigenvalue weighted by atomic mass is 35.5. The van der Waals surface area contributed by atoms with Crippen molar-refractivity contribution in [2.75, 3.05) is 0 Å². The standard InChI is InChI=1S/C14H13ClN2O2S/c1-8-5-9(2)17-13(12(8)14(18)19)20-7-10-3-4-16-11(15)6-10/h3-6H,7H2,1-2H3,(H,18,19). The first-order valence-electron chi connectivity index (χ1n) is 5.92. The second-order valence-corrected chi connectivity index (χ2v) is 5.69. The summed E-state index contributed by atoms with van der Waals surface area (Å²) in [6.45, 7) is 3.64. The Hall–Kier alpha value is -1.59. The summed E-state index contributed by atoms with van der Waals surface area (Å²) < 4.78 is 0.